The van der Waals surface area contributed by atoms with Gasteiger partial charge in [-0.3, -0.25) is 4.98 Å². The molecule has 2 aromatic heterocycles. The first-order chi connectivity index (χ1) is 9.66. The van der Waals surface area contributed by atoms with E-state index >= 15 is 0 Å². The van der Waals surface area contributed by atoms with Gasteiger partial charge in [0.1, 0.15) is 5.82 Å². The lowest BCUT2D eigenvalue weighted by atomic mass is 10.0. The molecule has 2 heterocycles. The SMILES string of the molecule is Cc1cc(-c2onc(N)c2-c2ccccc2F)ccn1. The molecule has 5 heteroatoms. The number of hydrogen-bond donors (Lipinski definition) is 1. The minimum Gasteiger partial charge on any atom is -0.380 e. The van der Waals surface area contributed by atoms with E-state index in [1.165, 1.54) is 6.07 Å². The van der Waals surface area contributed by atoms with E-state index in [2.05, 4.69) is 10.1 Å². The van der Waals surface area contributed by atoms with E-state index in [1.54, 1.807) is 30.5 Å². The molecule has 2 N–H and O–H groups in total. The van der Waals surface area contributed by atoms with Gasteiger partial charge in [0.2, 0.25) is 0 Å². The Morgan fingerprint density at radius 2 is 2.00 bits per heavy atom. The third kappa shape index (κ3) is 2.03. The summed E-state index contributed by atoms with van der Waals surface area (Å²) in [5.41, 5.74) is 8.26. The van der Waals surface area contributed by atoms with E-state index < -0.39 is 0 Å². The smallest absolute Gasteiger partial charge is 0.177 e. The Balaban J connectivity index is 2.23. The first-order valence-corrected chi connectivity index (χ1v) is 6.10. The third-order valence-electron chi connectivity index (χ3n) is 3.02. The molecule has 0 amide bonds. The second kappa shape index (κ2) is 4.77. The average molecular weight is 269 g/mol. The zero-order chi connectivity index (χ0) is 14.1. The Hall–Kier alpha value is -2.69. The Bertz CT molecular complexity index is 767. The molecule has 0 aliphatic carbocycles. The number of nitrogens with zero attached hydrogens (tertiary/aromatic N) is 2. The maximum absolute atomic E-state index is 14.0. The molecule has 20 heavy (non-hydrogen) atoms. The predicted octanol–water partition coefficient (Wildman–Crippen LogP) is 3.43. The molecule has 0 saturated carbocycles. The van der Waals surface area contributed by atoms with E-state index in [1.807, 2.05) is 13.0 Å². The molecule has 0 unspecified atom stereocenters. The van der Waals surface area contributed by atoms with Crippen LogP contribution < -0.4 is 5.73 Å². The molecular weight excluding hydrogens is 257 g/mol. The zero-order valence-corrected chi connectivity index (χ0v) is 10.8. The van der Waals surface area contributed by atoms with Gasteiger partial charge in [0.25, 0.3) is 0 Å². The molecule has 0 bridgehead atoms. The number of rotatable bonds is 2. The molecule has 100 valence electrons. The van der Waals surface area contributed by atoms with Gasteiger partial charge in [-0.1, -0.05) is 23.4 Å². The van der Waals surface area contributed by atoms with Gasteiger partial charge >= 0.3 is 0 Å². The number of nitrogens with two attached hydrogens (primary N) is 1. The van der Waals surface area contributed by atoms with Crippen LogP contribution in [0, 0.1) is 12.7 Å². The highest BCUT2D eigenvalue weighted by Gasteiger charge is 2.20. The molecular formula is C15H12FN3O. The highest BCUT2D eigenvalue weighted by atomic mass is 19.1. The normalized spacial score (nSPS) is 10.7. The van der Waals surface area contributed by atoms with Crippen LogP contribution in [0.15, 0.2) is 47.1 Å². The summed E-state index contributed by atoms with van der Waals surface area (Å²) in [6.45, 7) is 1.87. The molecule has 0 saturated heterocycles. The molecule has 3 aromatic rings. The standard InChI is InChI=1S/C15H12FN3O/c1-9-8-10(6-7-18-9)14-13(15(17)19-20-14)11-4-2-3-5-12(11)16/h2-8H,1H3,(H2,17,19). The summed E-state index contributed by atoms with van der Waals surface area (Å²) in [7, 11) is 0. The highest BCUT2D eigenvalue weighted by Crippen LogP contribution is 2.37. The summed E-state index contributed by atoms with van der Waals surface area (Å²) < 4.78 is 19.2. The van der Waals surface area contributed by atoms with Crippen LogP contribution in [-0.4, -0.2) is 10.1 Å². The van der Waals surface area contributed by atoms with Crippen molar-refractivity contribution < 1.29 is 8.91 Å². The van der Waals surface area contributed by atoms with Crippen LogP contribution in [0.5, 0.6) is 0 Å². The lowest BCUT2D eigenvalue weighted by molar-refractivity contribution is 0.436. The van der Waals surface area contributed by atoms with E-state index in [0.29, 0.717) is 16.9 Å². The molecule has 1 aromatic carbocycles. The van der Waals surface area contributed by atoms with Crippen molar-refractivity contribution >= 4 is 5.82 Å². The van der Waals surface area contributed by atoms with E-state index in [0.717, 1.165) is 11.3 Å². The molecule has 0 aliphatic rings. The van der Waals surface area contributed by atoms with Crippen LogP contribution in [0.4, 0.5) is 10.2 Å². The second-order valence-corrected chi connectivity index (χ2v) is 4.44. The van der Waals surface area contributed by atoms with Gasteiger partial charge in [-0.25, -0.2) is 4.39 Å². The minimum absolute atomic E-state index is 0.166. The van der Waals surface area contributed by atoms with Gasteiger partial charge in [0, 0.05) is 23.0 Å². The molecule has 4 nitrogen and oxygen atoms in total. The van der Waals surface area contributed by atoms with Crippen molar-refractivity contribution in [3.63, 3.8) is 0 Å². The molecule has 0 radical (unpaired) electrons. The zero-order valence-electron chi connectivity index (χ0n) is 10.8. The van der Waals surface area contributed by atoms with Crippen molar-refractivity contribution in [3.05, 3.63) is 54.1 Å². The van der Waals surface area contributed by atoms with Gasteiger partial charge in [-0.15, -0.1) is 0 Å². The number of halogens is 1. The summed E-state index contributed by atoms with van der Waals surface area (Å²) in [5, 5.41) is 3.76. The van der Waals surface area contributed by atoms with Gasteiger partial charge in [0.15, 0.2) is 11.6 Å². The maximum atomic E-state index is 14.0. The fourth-order valence-electron chi connectivity index (χ4n) is 2.11. The fourth-order valence-corrected chi connectivity index (χ4v) is 2.11. The maximum Gasteiger partial charge on any atom is 0.177 e. The number of aryl methyl sites for hydroxylation is 1. The van der Waals surface area contributed by atoms with Crippen molar-refractivity contribution in [2.75, 3.05) is 5.73 Å². The topological polar surface area (TPSA) is 64.9 Å². The first kappa shape index (κ1) is 12.3. The number of benzene rings is 1. The third-order valence-corrected chi connectivity index (χ3v) is 3.02. The quantitative estimate of drug-likeness (QED) is 0.774. The van der Waals surface area contributed by atoms with Gasteiger partial charge in [-0.05, 0) is 25.1 Å². The van der Waals surface area contributed by atoms with Crippen LogP contribution in [0.1, 0.15) is 5.69 Å². The van der Waals surface area contributed by atoms with E-state index in [-0.39, 0.29) is 11.6 Å². The second-order valence-electron chi connectivity index (χ2n) is 4.44. The van der Waals surface area contributed by atoms with Crippen LogP contribution in [0.25, 0.3) is 22.5 Å². The Kier molecular flexibility index (Phi) is 2.95. The van der Waals surface area contributed by atoms with Gasteiger partial charge in [0.05, 0.1) is 5.56 Å². The average Bonchev–Trinajstić information content (AvgIpc) is 2.81. The summed E-state index contributed by atoms with van der Waals surface area (Å²) >= 11 is 0. The van der Waals surface area contributed by atoms with E-state index in [4.69, 9.17) is 10.3 Å². The Morgan fingerprint density at radius 1 is 1.20 bits per heavy atom. The minimum atomic E-state index is -0.366. The lowest BCUT2D eigenvalue weighted by Crippen LogP contribution is -1.91. The molecule has 0 atom stereocenters. The van der Waals surface area contributed by atoms with E-state index in [9.17, 15) is 4.39 Å². The Labute approximate surface area is 115 Å². The largest absolute Gasteiger partial charge is 0.380 e. The number of hydrogen-bond acceptors (Lipinski definition) is 4. The van der Waals surface area contributed by atoms with Crippen molar-refractivity contribution in [1.82, 2.24) is 10.1 Å². The van der Waals surface area contributed by atoms with Crippen LogP contribution in [0.3, 0.4) is 0 Å². The summed E-state index contributed by atoms with van der Waals surface area (Å²) in [6.07, 6.45) is 1.66. The molecule has 0 spiro atoms. The van der Waals surface area contributed by atoms with Gasteiger partial charge < -0.3 is 10.3 Å². The van der Waals surface area contributed by atoms with Crippen molar-refractivity contribution in [2.24, 2.45) is 0 Å². The fraction of sp³-hybridized carbons (Fsp3) is 0.0667. The van der Waals surface area contributed by atoms with Crippen molar-refractivity contribution in [1.29, 1.82) is 0 Å². The van der Waals surface area contributed by atoms with Gasteiger partial charge in [-0.2, -0.15) is 0 Å². The first-order valence-electron chi connectivity index (χ1n) is 6.10. The molecule has 3 rings (SSSR count). The number of nitrogen functional groups attached to an aromatic ring is 1. The van der Waals surface area contributed by atoms with Crippen molar-refractivity contribution in [3.8, 4) is 22.5 Å². The Morgan fingerprint density at radius 3 is 2.75 bits per heavy atom. The summed E-state index contributed by atoms with van der Waals surface area (Å²) in [4.78, 5) is 4.12. The number of aromatic nitrogens is 2. The molecule has 0 aliphatic heterocycles. The molecule has 0 fully saturated rings. The highest BCUT2D eigenvalue weighted by molar-refractivity contribution is 5.86. The monoisotopic (exact) mass is 269 g/mol. The van der Waals surface area contributed by atoms with Crippen molar-refractivity contribution in [2.45, 2.75) is 6.92 Å². The number of anilines is 1. The number of pyridine rings is 1. The summed E-state index contributed by atoms with van der Waals surface area (Å²) in [6, 6.07) is 10.0. The van der Waals surface area contributed by atoms with Crippen LogP contribution in [0.2, 0.25) is 0 Å². The van der Waals surface area contributed by atoms with Crippen LogP contribution in [-0.2, 0) is 0 Å². The van der Waals surface area contributed by atoms with Crippen LogP contribution >= 0.6 is 0 Å². The lowest BCUT2D eigenvalue weighted by Gasteiger charge is -2.04. The predicted molar refractivity (Wildman–Crippen MR) is 74.3 cm³/mol. The summed E-state index contributed by atoms with van der Waals surface area (Å²) in [5.74, 6) is 0.243.